The second-order valence-electron chi connectivity index (χ2n) is 9.20. The molecular formula is C25H33N5O3S. The number of nitrogens with one attached hydrogen (secondary N) is 2. The van der Waals surface area contributed by atoms with E-state index in [1.807, 2.05) is 75.5 Å². The first-order chi connectivity index (χ1) is 16.2. The highest BCUT2D eigenvalue weighted by molar-refractivity contribution is 7.10. The number of rotatable bonds is 10. The largest absolute Gasteiger partial charge is 0.383 e. The van der Waals surface area contributed by atoms with Gasteiger partial charge in [0.2, 0.25) is 5.91 Å². The Morgan fingerprint density at radius 2 is 1.79 bits per heavy atom. The third kappa shape index (κ3) is 6.17. The van der Waals surface area contributed by atoms with Crippen LogP contribution in [0.25, 0.3) is 0 Å². The summed E-state index contributed by atoms with van der Waals surface area (Å²) < 4.78 is 1.37. The molecule has 0 spiro atoms. The zero-order valence-corrected chi connectivity index (χ0v) is 20.9. The monoisotopic (exact) mass is 483 g/mol. The molecule has 2 heterocycles. The molecule has 1 atom stereocenters. The van der Waals surface area contributed by atoms with Crippen molar-refractivity contribution in [2.24, 2.45) is 11.8 Å². The molecule has 0 saturated heterocycles. The Labute approximate surface area is 203 Å². The zero-order valence-electron chi connectivity index (χ0n) is 20.1. The number of nitrogens with two attached hydrogens (primary N) is 1. The lowest BCUT2D eigenvalue weighted by atomic mass is 10.1. The summed E-state index contributed by atoms with van der Waals surface area (Å²) in [6.07, 6.45) is 0. The lowest BCUT2D eigenvalue weighted by Crippen LogP contribution is -2.45. The predicted molar refractivity (Wildman–Crippen MR) is 138 cm³/mol. The summed E-state index contributed by atoms with van der Waals surface area (Å²) in [5.74, 6) is 0.134. The number of aromatic nitrogens is 2. The van der Waals surface area contributed by atoms with Crippen LogP contribution in [0.2, 0.25) is 0 Å². The summed E-state index contributed by atoms with van der Waals surface area (Å²) in [7, 11) is 0. The maximum atomic E-state index is 13.3. The smallest absolute Gasteiger partial charge is 0.330 e. The van der Waals surface area contributed by atoms with Crippen LogP contribution in [0, 0.1) is 11.8 Å². The van der Waals surface area contributed by atoms with E-state index in [9.17, 15) is 14.4 Å². The van der Waals surface area contributed by atoms with Crippen molar-refractivity contribution in [3.05, 3.63) is 79.1 Å². The highest BCUT2D eigenvalue weighted by Crippen LogP contribution is 2.26. The van der Waals surface area contributed by atoms with Crippen LogP contribution in [0.3, 0.4) is 0 Å². The Hall–Kier alpha value is -3.33. The number of aromatic amines is 1. The summed E-state index contributed by atoms with van der Waals surface area (Å²) in [4.78, 5) is 43.5. The van der Waals surface area contributed by atoms with E-state index in [0.29, 0.717) is 13.1 Å². The van der Waals surface area contributed by atoms with Crippen LogP contribution < -0.4 is 27.2 Å². The predicted octanol–water partition coefficient (Wildman–Crippen LogP) is 3.20. The van der Waals surface area contributed by atoms with E-state index in [0.717, 1.165) is 10.4 Å². The van der Waals surface area contributed by atoms with Gasteiger partial charge in [0.05, 0.1) is 12.6 Å². The number of nitrogens with zero attached hydrogens (tertiary/aromatic N) is 2. The number of carbonyl (C=O) groups is 1. The highest BCUT2D eigenvalue weighted by Gasteiger charge is 2.24. The van der Waals surface area contributed by atoms with E-state index in [4.69, 9.17) is 5.73 Å². The molecule has 9 heteroatoms. The van der Waals surface area contributed by atoms with E-state index < -0.39 is 11.2 Å². The molecule has 0 aliphatic carbocycles. The topological polar surface area (TPSA) is 113 Å². The summed E-state index contributed by atoms with van der Waals surface area (Å²) in [6.45, 7) is 8.64. The Balaban J connectivity index is 1.93. The molecule has 0 aliphatic rings. The minimum atomic E-state index is -0.589. The number of nitrogen functional groups attached to an aromatic ring is 1. The van der Waals surface area contributed by atoms with Crippen LogP contribution in [0.4, 0.5) is 11.5 Å². The van der Waals surface area contributed by atoms with Crippen molar-refractivity contribution in [2.45, 2.75) is 40.3 Å². The molecule has 0 radical (unpaired) electrons. The van der Waals surface area contributed by atoms with Crippen LogP contribution in [0.15, 0.2) is 57.4 Å². The molecule has 182 valence electrons. The molecule has 0 bridgehead atoms. The van der Waals surface area contributed by atoms with Crippen molar-refractivity contribution in [1.82, 2.24) is 14.9 Å². The first kappa shape index (κ1) is 25.3. The van der Waals surface area contributed by atoms with Gasteiger partial charge in [-0.3, -0.25) is 19.1 Å². The van der Waals surface area contributed by atoms with Gasteiger partial charge in [-0.1, -0.05) is 64.1 Å². The Kier molecular flexibility index (Phi) is 8.33. The molecule has 2 aromatic heterocycles. The number of anilines is 2. The lowest BCUT2D eigenvalue weighted by molar-refractivity contribution is -0.120. The third-order valence-electron chi connectivity index (χ3n) is 5.26. The molecule has 3 rings (SSSR count). The van der Waals surface area contributed by atoms with Gasteiger partial charge < -0.3 is 16.0 Å². The highest BCUT2D eigenvalue weighted by atomic mass is 32.1. The van der Waals surface area contributed by atoms with Crippen LogP contribution in [-0.4, -0.2) is 28.5 Å². The summed E-state index contributed by atoms with van der Waals surface area (Å²) in [6, 6.07) is 13.4. The van der Waals surface area contributed by atoms with Crippen molar-refractivity contribution >= 4 is 28.7 Å². The summed E-state index contributed by atoms with van der Waals surface area (Å²) in [5, 5.41) is 5.09. The minimum Gasteiger partial charge on any atom is -0.383 e. The fourth-order valence-electron chi connectivity index (χ4n) is 3.90. The number of hydrogen-bond acceptors (Lipinski definition) is 6. The standard InChI is InChI=1S/C25H33N5O3S/c1-16(2)13-29(22-23(26)30(14-17(3)4)25(33)28-24(22)32)15-20(31)27-21(19-11-8-12-34-19)18-9-6-5-7-10-18/h5-12,16-17,21H,13-15,26H2,1-4H3,(H,27,31)(H,28,32,33). The lowest BCUT2D eigenvalue weighted by Gasteiger charge is -2.28. The van der Waals surface area contributed by atoms with Crippen molar-refractivity contribution < 1.29 is 4.79 Å². The molecule has 1 unspecified atom stereocenters. The van der Waals surface area contributed by atoms with E-state index in [-0.39, 0.29) is 41.8 Å². The van der Waals surface area contributed by atoms with Gasteiger partial charge in [0.1, 0.15) is 11.5 Å². The quantitative estimate of drug-likeness (QED) is 0.410. The number of benzene rings is 1. The van der Waals surface area contributed by atoms with Gasteiger partial charge in [-0.25, -0.2) is 4.79 Å². The van der Waals surface area contributed by atoms with Crippen LogP contribution in [0.5, 0.6) is 0 Å². The molecule has 4 N–H and O–H groups in total. The van der Waals surface area contributed by atoms with Crippen LogP contribution in [-0.2, 0) is 11.3 Å². The first-order valence-corrected chi connectivity index (χ1v) is 12.3. The molecule has 34 heavy (non-hydrogen) atoms. The average Bonchev–Trinajstić information content (AvgIpc) is 3.29. The molecule has 0 aliphatic heterocycles. The van der Waals surface area contributed by atoms with Gasteiger partial charge in [-0.15, -0.1) is 11.3 Å². The summed E-state index contributed by atoms with van der Waals surface area (Å²) >= 11 is 1.57. The molecule has 3 aromatic rings. The fraction of sp³-hybridized carbons (Fsp3) is 0.400. The number of hydrogen-bond donors (Lipinski definition) is 3. The van der Waals surface area contributed by atoms with E-state index in [1.54, 1.807) is 16.2 Å². The number of thiophene rings is 1. The van der Waals surface area contributed by atoms with Crippen molar-refractivity contribution in [2.75, 3.05) is 23.7 Å². The number of carbonyl (C=O) groups excluding carboxylic acids is 1. The third-order valence-corrected chi connectivity index (χ3v) is 6.20. The van der Waals surface area contributed by atoms with Gasteiger partial charge in [0.15, 0.2) is 0 Å². The van der Waals surface area contributed by atoms with E-state index in [1.165, 1.54) is 4.57 Å². The first-order valence-electron chi connectivity index (χ1n) is 11.4. The second kappa shape index (κ2) is 11.2. The second-order valence-corrected chi connectivity index (χ2v) is 10.2. The van der Waals surface area contributed by atoms with Gasteiger partial charge in [-0.05, 0) is 28.8 Å². The van der Waals surface area contributed by atoms with Gasteiger partial charge in [0, 0.05) is 18.0 Å². The SMILES string of the molecule is CC(C)CN(CC(=O)NC(c1ccccc1)c1cccs1)c1c(N)n(CC(C)C)c(=O)[nH]c1=O. The molecule has 0 fully saturated rings. The number of H-pyrrole nitrogens is 1. The van der Waals surface area contributed by atoms with Gasteiger partial charge in [-0.2, -0.15) is 0 Å². The Morgan fingerprint density at radius 3 is 2.38 bits per heavy atom. The molecular weight excluding hydrogens is 450 g/mol. The maximum Gasteiger partial charge on any atom is 0.330 e. The number of amides is 1. The van der Waals surface area contributed by atoms with Crippen molar-refractivity contribution in [3.63, 3.8) is 0 Å². The maximum absolute atomic E-state index is 13.3. The Morgan fingerprint density at radius 1 is 1.09 bits per heavy atom. The fourth-order valence-corrected chi connectivity index (χ4v) is 4.71. The molecule has 0 saturated carbocycles. The normalized spacial score (nSPS) is 12.2. The molecule has 8 nitrogen and oxygen atoms in total. The van der Waals surface area contributed by atoms with E-state index >= 15 is 0 Å². The van der Waals surface area contributed by atoms with E-state index in [2.05, 4.69) is 10.3 Å². The van der Waals surface area contributed by atoms with Gasteiger partial charge in [0.25, 0.3) is 5.56 Å². The van der Waals surface area contributed by atoms with Crippen LogP contribution >= 0.6 is 11.3 Å². The Bertz CT molecular complexity index is 1200. The van der Waals surface area contributed by atoms with Crippen molar-refractivity contribution in [3.8, 4) is 0 Å². The summed E-state index contributed by atoms with van der Waals surface area (Å²) in [5.41, 5.74) is 6.31. The minimum absolute atomic E-state index is 0.0694. The average molecular weight is 484 g/mol. The van der Waals surface area contributed by atoms with Crippen LogP contribution in [0.1, 0.15) is 44.2 Å². The van der Waals surface area contributed by atoms with Crippen molar-refractivity contribution in [1.29, 1.82) is 0 Å². The van der Waals surface area contributed by atoms with Gasteiger partial charge >= 0.3 is 5.69 Å². The molecule has 1 amide bonds. The molecule has 1 aromatic carbocycles. The zero-order chi connectivity index (χ0) is 24.8.